The number of methoxy groups -OCH3 is 4. The minimum Gasteiger partial charge on any atom is -0.392 e. The zero-order chi connectivity index (χ0) is 23.6. The van der Waals surface area contributed by atoms with Crippen LogP contribution in [0.2, 0.25) is 0 Å². The van der Waals surface area contributed by atoms with Crippen molar-refractivity contribution in [3.8, 4) is 0 Å². The lowest BCUT2D eigenvalue weighted by Gasteiger charge is -2.69. The van der Waals surface area contributed by atoms with E-state index in [-0.39, 0.29) is 47.3 Å². The molecule has 7 bridgehead atoms. The summed E-state index contributed by atoms with van der Waals surface area (Å²) >= 11 is 0. The monoisotopic (exact) mass is 467 g/mol. The van der Waals surface area contributed by atoms with Gasteiger partial charge in [0.1, 0.15) is 11.2 Å². The average Bonchev–Trinajstić information content (AvgIpc) is 3.22. The summed E-state index contributed by atoms with van der Waals surface area (Å²) in [5, 5.41) is 37.6. The second kappa shape index (κ2) is 7.13. The van der Waals surface area contributed by atoms with Gasteiger partial charge < -0.3 is 34.3 Å². The SMILES string of the molecule is CCN1C[C@]2(COC)CC[C@H](O)[C@]34[C@@H]5C[C@H]6[C@H](OC)[C@@H]5[C@](O)(C[C@H]6OC)[C@](O)([C@H]13)[C@@H](OC)[C@H]24. The molecule has 5 aliphatic carbocycles. The van der Waals surface area contributed by atoms with Crippen molar-refractivity contribution < 1.29 is 34.3 Å². The fourth-order valence-corrected chi connectivity index (χ4v) is 11.0. The molecular formula is C25H41NO7. The van der Waals surface area contributed by atoms with Crippen molar-refractivity contribution in [3.05, 3.63) is 0 Å². The maximum atomic E-state index is 12.9. The fourth-order valence-electron chi connectivity index (χ4n) is 11.0. The molecule has 0 amide bonds. The molecule has 6 fully saturated rings. The van der Waals surface area contributed by atoms with Crippen LogP contribution in [0.1, 0.15) is 32.6 Å². The molecule has 0 aromatic rings. The Hall–Kier alpha value is -0.320. The Morgan fingerprint density at radius 3 is 2.42 bits per heavy atom. The van der Waals surface area contributed by atoms with Crippen molar-refractivity contribution in [2.45, 2.75) is 74.3 Å². The van der Waals surface area contributed by atoms with E-state index in [0.717, 1.165) is 25.9 Å². The summed E-state index contributed by atoms with van der Waals surface area (Å²) < 4.78 is 24.0. The molecule has 6 aliphatic rings. The molecule has 8 heteroatoms. The first-order valence-electron chi connectivity index (χ1n) is 12.7. The van der Waals surface area contributed by atoms with Crippen molar-refractivity contribution in [2.24, 2.45) is 34.5 Å². The van der Waals surface area contributed by atoms with E-state index in [9.17, 15) is 15.3 Å². The van der Waals surface area contributed by atoms with Crippen LogP contribution >= 0.6 is 0 Å². The summed E-state index contributed by atoms with van der Waals surface area (Å²) in [5.74, 6) is -0.231. The lowest BCUT2D eigenvalue weighted by molar-refractivity contribution is -0.318. The first-order chi connectivity index (χ1) is 15.8. The van der Waals surface area contributed by atoms with Crippen LogP contribution in [0, 0.1) is 34.5 Å². The lowest BCUT2D eigenvalue weighted by atomic mass is 9.42. The first-order valence-corrected chi connectivity index (χ1v) is 12.7. The van der Waals surface area contributed by atoms with Gasteiger partial charge in [0, 0.05) is 70.0 Å². The Bertz CT molecular complexity index is 814. The maximum absolute atomic E-state index is 12.9. The molecule has 5 saturated carbocycles. The van der Waals surface area contributed by atoms with E-state index >= 15 is 0 Å². The predicted molar refractivity (Wildman–Crippen MR) is 119 cm³/mol. The van der Waals surface area contributed by atoms with Crippen molar-refractivity contribution in [1.29, 1.82) is 0 Å². The molecule has 1 saturated heterocycles. The standard InChI is InChI=1S/C25H41NO7/c1-6-26-11-22(12-30-2)8-7-16(27)24-14-9-13-15(31-3)10-23(28,17(14)18(13)32-4)25(29,21(24)26)20(33-5)19(22)24/h13-21,27-29H,6-12H2,1-5H3/t13-,14-,15-,16+,17-,18+,19-,20+,21-,22+,23-,24+,25-/m1/s1. The summed E-state index contributed by atoms with van der Waals surface area (Å²) in [5.41, 5.74) is -3.82. The Morgan fingerprint density at radius 1 is 1.06 bits per heavy atom. The van der Waals surface area contributed by atoms with E-state index in [1.54, 1.807) is 28.4 Å². The van der Waals surface area contributed by atoms with Crippen molar-refractivity contribution in [3.63, 3.8) is 0 Å². The number of aliphatic hydroxyl groups excluding tert-OH is 1. The molecule has 0 aromatic carbocycles. The zero-order valence-electron chi connectivity index (χ0n) is 20.6. The van der Waals surface area contributed by atoms with Gasteiger partial charge in [-0.05, 0) is 31.7 Å². The Morgan fingerprint density at radius 2 is 1.82 bits per heavy atom. The van der Waals surface area contributed by atoms with Gasteiger partial charge in [0.15, 0.2) is 0 Å². The molecule has 33 heavy (non-hydrogen) atoms. The molecule has 0 radical (unpaired) electrons. The van der Waals surface area contributed by atoms with Gasteiger partial charge in [-0.25, -0.2) is 0 Å². The lowest BCUT2D eigenvalue weighted by Crippen LogP contribution is -2.82. The van der Waals surface area contributed by atoms with E-state index < -0.39 is 28.8 Å². The minimum absolute atomic E-state index is 0.00825. The van der Waals surface area contributed by atoms with Crippen LogP contribution in [-0.2, 0) is 18.9 Å². The Labute approximate surface area is 196 Å². The summed E-state index contributed by atoms with van der Waals surface area (Å²) in [6, 6.07) is -0.386. The minimum atomic E-state index is -1.55. The van der Waals surface area contributed by atoms with E-state index in [2.05, 4.69) is 11.8 Å². The number of hydrogen-bond acceptors (Lipinski definition) is 8. The topological polar surface area (TPSA) is 101 Å². The van der Waals surface area contributed by atoms with Gasteiger partial charge in [-0.3, -0.25) is 4.90 Å². The Balaban J connectivity index is 1.67. The van der Waals surface area contributed by atoms with Crippen LogP contribution in [0.5, 0.6) is 0 Å². The molecule has 1 aliphatic heterocycles. The number of likely N-dealkylation sites (tertiary alicyclic amines) is 1. The second-order valence-corrected chi connectivity index (χ2v) is 11.9. The third-order valence-corrected chi connectivity index (χ3v) is 11.5. The molecule has 1 heterocycles. The van der Waals surface area contributed by atoms with E-state index in [1.807, 2.05) is 0 Å². The number of rotatable bonds is 6. The van der Waals surface area contributed by atoms with Gasteiger partial charge in [-0.1, -0.05) is 6.92 Å². The number of piperidine rings is 1. The van der Waals surface area contributed by atoms with Crippen LogP contribution in [0.25, 0.3) is 0 Å². The van der Waals surface area contributed by atoms with Gasteiger partial charge in [-0.15, -0.1) is 0 Å². The molecule has 3 N–H and O–H groups in total. The highest BCUT2D eigenvalue weighted by Crippen LogP contribution is 2.80. The number of likely N-dealkylation sites (N-methyl/N-ethyl adjacent to an activating group) is 1. The summed E-state index contributed by atoms with van der Waals surface area (Å²) in [4.78, 5) is 2.33. The smallest absolute Gasteiger partial charge is 0.136 e. The quantitative estimate of drug-likeness (QED) is 0.512. The molecule has 188 valence electrons. The number of aliphatic hydroxyl groups is 3. The highest BCUT2D eigenvalue weighted by Gasteiger charge is 2.91. The van der Waals surface area contributed by atoms with E-state index in [1.165, 1.54) is 0 Å². The molecule has 1 spiro atoms. The van der Waals surface area contributed by atoms with Crippen molar-refractivity contribution in [1.82, 2.24) is 4.90 Å². The largest absolute Gasteiger partial charge is 0.392 e. The number of fused-ring (bicyclic) bond motifs is 2. The third-order valence-electron chi connectivity index (χ3n) is 11.5. The van der Waals surface area contributed by atoms with Crippen LogP contribution in [0.15, 0.2) is 0 Å². The van der Waals surface area contributed by atoms with Crippen LogP contribution < -0.4 is 0 Å². The van der Waals surface area contributed by atoms with Gasteiger partial charge >= 0.3 is 0 Å². The van der Waals surface area contributed by atoms with Crippen molar-refractivity contribution >= 4 is 0 Å². The molecule has 13 atom stereocenters. The number of ether oxygens (including phenoxy) is 4. The summed E-state index contributed by atoms with van der Waals surface area (Å²) in [6.45, 7) is 4.18. The molecule has 6 rings (SSSR count). The molecule has 8 nitrogen and oxygen atoms in total. The van der Waals surface area contributed by atoms with Crippen LogP contribution in [-0.4, -0.2) is 110 Å². The maximum Gasteiger partial charge on any atom is 0.136 e. The second-order valence-electron chi connectivity index (χ2n) is 11.9. The number of hydrogen-bond donors (Lipinski definition) is 3. The van der Waals surface area contributed by atoms with Gasteiger partial charge in [0.05, 0.1) is 37.1 Å². The number of nitrogens with zero attached hydrogens (tertiary/aromatic N) is 1. The van der Waals surface area contributed by atoms with E-state index in [4.69, 9.17) is 18.9 Å². The summed E-state index contributed by atoms with van der Waals surface area (Å²) in [6.07, 6.45) is 1.06. The normalized spacial score (nSPS) is 60.9. The predicted octanol–water partition coefficient (Wildman–Crippen LogP) is 0.271. The van der Waals surface area contributed by atoms with Gasteiger partial charge in [-0.2, -0.15) is 0 Å². The van der Waals surface area contributed by atoms with E-state index in [0.29, 0.717) is 19.4 Å². The zero-order valence-corrected chi connectivity index (χ0v) is 20.6. The summed E-state index contributed by atoms with van der Waals surface area (Å²) in [7, 11) is 6.79. The highest BCUT2D eigenvalue weighted by atomic mass is 16.5. The molecular weight excluding hydrogens is 426 g/mol. The van der Waals surface area contributed by atoms with Gasteiger partial charge in [0.25, 0.3) is 0 Å². The molecule has 0 unspecified atom stereocenters. The highest BCUT2D eigenvalue weighted by molar-refractivity contribution is 5.41. The fraction of sp³-hybridized carbons (Fsp3) is 1.00. The van der Waals surface area contributed by atoms with Gasteiger partial charge in [0.2, 0.25) is 0 Å². The Kier molecular flexibility index (Phi) is 4.99. The molecule has 0 aromatic heterocycles. The van der Waals surface area contributed by atoms with Crippen LogP contribution in [0.4, 0.5) is 0 Å². The average molecular weight is 468 g/mol. The first kappa shape index (κ1) is 23.1. The van der Waals surface area contributed by atoms with Crippen LogP contribution in [0.3, 0.4) is 0 Å². The van der Waals surface area contributed by atoms with Crippen molar-refractivity contribution in [2.75, 3.05) is 48.1 Å². The third kappa shape index (κ3) is 2.20.